The minimum absolute atomic E-state index is 0.0490. The molecule has 0 N–H and O–H groups in total. The first kappa shape index (κ1) is 21.3. The summed E-state index contributed by atoms with van der Waals surface area (Å²) in [5, 5.41) is 26.9. The van der Waals surface area contributed by atoms with Gasteiger partial charge in [-0.2, -0.15) is 20.8 Å². The molecule has 3 rings (SSSR count). The maximum Gasteiger partial charge on any atom is 0.137 e. The molecule has 0 amide bonds. The van der Waals surface area contributed by atoms with Crippen molar-refractivity contribution in [1.82, 2.24) is 0 Å². The van der Waals surface area contributed by atoms with Gasteiger partial charge in [0, 0.05) is 30.9 Å². The molecule has 1 aliphatic heterocycles. The monoisotopic (exact) mass is 407 g/mol. The first-order valence-electron chi connectivity index (χ1n) is 9.57. The molecule has 0 aliphatic carbocycles. The molecule has 1 aliphatic rings. The topological polar surface area (TPSA) is 84.8 Å². The van der Waals surface area contributed by atoms with Crippen molar-refractivity contribution in [3.8, 4) is 12.1 Å². The zero-order valence-corrected chi connectivity index (χ0v) is 17.6. The van der Waals surface area contributed by atoms with Gasteiger partial charge < -0.3 is 9.64 Å². The average Bonchev–Trinajstić information content (AvgIpc) is 2.79. The smallest absolute Gasteiger partial charge is 0.137 e. The Hall–Kier alpha value is -4.42. The number of azo groups is 1. The van der Waals surface area contributed by atoms with Crippen molar-refractivity contribution in [2.75, 3.05) is 19.0 Å². The van der Waals surface area contributed by atoms with Crippen molar-refractivity contribution in [3.05, 3.63) is 95.0 Å². The van der Waals surface area contributed by atoms with Crippen LogP contribution in [0.5, 0.6) is 0 Å². The van der Waals surface area contributed by atoms with Crippen molar-refractivity contribution in [2.24, 2.45) is 10.2 Å². The second-order valence-electron chi connectivity index (χ2n) is 6.99. The van der Waals surface area contributed by atoms with Crippen LogP contribution in [0.1, 0.15) is 12.5 Å². The van der Waals surface area contributed by atoms with Crippen LogP contribution in [0.2, 0.25) is 0 Å². The SMILES string of the molecule is CC1=CC(=C(C#N)C#N)C(C=Cc2ccc(N=Nc3ccc(N(C)C)cc3)cc2)=CO1. The van der Waals surface area contributed by atoms with E-state index in [0.29, 0.717) is 16.9 Å². The molecule has 0 saturated heterocycles. The maximum atomic E-state index is 9.20. The molecule has 31 heavy (non-hydrogen) atoms. The van der Waals surface area contributed by atoms with Crippen molar-refractivity contribution in [1.29, 1.82) is 10.5 Å². The van der Waals surface area contributed by atoms with Crippen LogP contribution in [0.3, 0.4) is 0 Å². The molecular weight excluding hydrogens is 386 g/mol. The number of anilines is 1. The summed E-state index contributed by atoms with van der Waals surface area (Å²) in [6, 6.07) is 19.3. The summed E-state index contributed by atoms with van der Waals surface area (Å²) in [6.07, 6.45) is 6.93. The third-order valence-electron chi connectivity index (χ3n) is 4.52. The van der Waals surface area contributed by atoms with Crippen LogP contribution in [-0.2, 0) is 4.74 Å². The van der Waals surface area contributed by atoms with E-state index in [2.05, 4.69) is 10.2 Å². The highest BCUT2D eigenvalue weighted by Crippen LogP contribution is 2.26. The van der Waals surface area contributed by atoms with Gasteiger partial charge in [-0.1, -0.05) is 24.3 Å². The third-order valence-corrected chi connectivity index (χ3v) is 4.52. The van der Waals surface area contributed by atoms with Crippen molar-refractivity contribution >= 4 is 23.1 Å². The number of nitrogens with zero attached hydrogens (tertiary/aromatic N) is 5. The van der Waals surface area contributed by atoms with Gasteiger partial charge in [-0.25, -0.2) is 0 Å². The highest BCUT2D eigenvalue weighted by atomic mass is 16.5. The summed E-state index contributed by atoms with van der Waals surface area (Å²) in [7, 11) is 3.98. The van der Waals surface area contributed by atoms with E-state index < -0.39 is 0 Å². The fourth-order valence-electron chi connectivity index (χ4n) is 2.80. The second-order valence-corrected chi connectivity index (χ2v) is 6.99. The van der Waals surface area contributed by atoms with E-state index >= 15 is 0 Å². The van der Waals surface area contributed by atoms with Gasteiger partial charge in [0.05, 0.1) is 17.6 Å². The van der Waals surface area contributed by atoms with Crippen LogP contribution >= 0.6 is 0 Å². The second kappa shape index (κ2) is 9.87. The van der Waals surface area contributed by atoms with E-state index in [1.54, 1.807) is 19.3 Å². The zero-order chi connectivity index (χ0) is 22.2. The molecule has 2 aromatic rings. The number of hydrogen-bond acceptors (Lipinski definition) is 6. The van der Waals surface area contributed by atoms with Gasteiger partial charge in [-0.05, 0) is 55.0 Å². The van der Waals surface area contributed by atoms with Crippen LogP contribution in [0, 0.1) is 22.7 Å². The van der Waals surface area contributed by atoms with Crippen LogP contribution in [0.15, 0.2) is 99.7 Å². The quantitative estimate of drug-likeness (QED) is 0.427. The number of allylic oxidation sites excluding steroid dienone is 6. The Bertz CT molecular complexity index is 1170. The Morgan fingerprint density at radius 1 is 0.903 bits per heavy atom. The van der Waals surface area contributed by atoms with Crippen molar-refractivity contribution < 1.29 is 4.74 Å². The first-order valence-corrected chi connectivity index (χ1v) is 9.57. The molecule has 1 heterocycles. The number of benzene rings is 2. The average molecular weight is 407 g/mol. The van der Waals surface area contributed by atoms with Crippen LogP contribution in [0.4, 0.5) is 17.1 Å². The fourth-order valence-corrected chi connectivity index (χ4v) is 2.80. The van der Waals surface area contributed by atoms with E-state index in [4.69, 9.17) is 4.74 Å². The van der Waals surface area contributed by atoms with Crippen molar-refractivity contribution in [2.45, 2.75) is 6.92 Å². The Balaban J connectivity index is 1.72. The van der Waals surface area contributed by atoms with Gasteiger partial charge in [0.1, 0.15) is 23.5 Å². The summed E-state index contributed by atoms with van der Waals surface area (Å²) >= 11 is 0. The molecule has 6 nitrogen and oxygen atoms in total. The summed E-state index contributed by atoms with van der Waals surface area (Å²) < 4.78 is 5.43. The molecule has 6 heteroatoms. The molecule has 0 bridgehead atoms. The van der Waals surface area contributed by atoms with E-state index in [0.717, 1.165) is 22.6 Å². The van der Waals surface area contributed by atoms with Gasteiger partial charge in [-0.3, -0.25) is 0 Å². The van der Waals surface area contributed by atoms with Crippen LogP contribution in [-0.4, -0.2) is 14.1 Å². The highest BCUT2D eigenvalue weighted by molar-refractivity contribution is 5.64. The molecule has 0 aromatic heterocycles. The summed E-state index contributed by atoms with van der Waals surface area (Å²) in [6.45, 7) is 1.77. The normalized spacial score (nSPS) is 13.3. The molecule has 152 valence electrons. The molecule has 0 saturated carbocycles. The maximum absolute atomic E-state index is 9.20. The number of hydrogen-bond donors (Lipinski definition) is 0. The van der Waals surface area contributed by atoms with E-state index in [-0.39, 0.29) is 5.57 Å². The predicted molar refractivity (Wildman–Crippen MR) is 122 cm³/mol. The largest absolute Gasteiger partial charge is 0.469 e. The summed E-state index contributed by atoms with van der Waals surface area (Å²) in [5.74, 6) is 0.626. The van der Waals surface area contributed by atoms with Crippen molar-refractivity contribution in [3.63, 3.8) is 0 Å². The Labute approximate surface area is 182 Å². The predicted octanol–water partition coefficient (Wildman–Crippen LogP) is 6.34. The lowest BCUT2D eigenvalue weighted by molar-refractivity contribution is 0.346. The lowest BCUT2D eigenvalue weighted by Crippen LogP contribution is -2.07. The minimum Gasteiger partial charge on any atom is -0.469 e. The van der Waals surface area contributed by atoms with Crippen LogP contribution < -0.4 is 4.90 Å². The molecule has 0 unspecified atom stereocenters. The standard InChI is InChI=1S/C25H21N5O/c1-18-14-25(21(15-26)16-27)20(17-31-18)7-4-19-5-8-22(9-6-19)28-29-23-10-12-24(13-11-23)30(2)3/h4-14,17H,1-3H3. The van der Waals surface area contributed by atoms with Gasteiger partial charge in [0.15, 0.2) is 0 Å². The highest BCUT2D eigenvalue weighted by Gasteiger charge is 2.13. The molecular formula is C25H21N5O. The summed E-state index contributed by atoms with van der Waals surface area (Å²) in [4.78, 5) is 2.03. The van der Waals surface area contributed by atoms with E-state index in [1.807, 2.05) is 91.8 Å². The Morgan fingerprint density at radius 2 is 1.48 bits per heavy atom. The van der Waals surface area contributed by atoms with Crippen LogP contribution in [0.25, 0.3) is 6.08 Å². The molecule has 0 atom stereocenters. The first-order chi connectivity index (χ1) is 15.0. The van der Waals surface area contributed by atoms with Gasteiger partial charge in [0.25, 0.3) is 0 Å². The number of nitriles is 2. The zero-order valence-electron chi connectivity index (χ0n) is 17.6. The Kier molecular flexibility index (Phi) is 6.78. The minimum atomic E-state index is 0.0490. The number of rotatable bonds is 5. The third kappa shape index (κ3) is 5.56. The molecule has 0 fully saturated rings. The van der Waals surface area contributed by atoms with Gasteiger partial charge in [-0.15, -0.1) is 0 Å². The van der Waals surface area contributed by atoms with E-state index in [1.165, 1.54) is 0 Å². The molecule has 0 spiro atoms. The van der Waals surface area contributed by atoms with Gasteiger partial charge in [0.2, 0.25) is 0 Å². The fraction of sp³-hybridized carbons (Fsp3) is 0.120. The lowest BCUT2D eigenvalue weighted by Gasteiger charge is -2.12. The lowest BCUT2D eigenvalue weighted by atomic mass is 9.99. The van der Waals surface area contributed by atoms with E-state index in [9.17, 15) is 10.5 Å². The molecule has 0 radical (unpaired) electrons. The summed E-state index contributed by atoms with van der Waals surface area (Å²) in [5.41, 5.74) is 4.83. The molecule has 2 aromatic carbocycles. The van der Waals surface area contributed by atoms with Gasteiger partial charge >= 0.3 is 0 Å². The number of ether oxygens (including phenoxy) is 1. The Morgan fingerprint density at radius 3 is 2.03 bits per heavy atom.